The zero-order valence-electron chi connectivity index (χ0n) is 14.3. The van der Waals surface area contributed by atoms with Gasteiger partial charge in [-0.15, -0.1) is 0 Å². The van der Waals surface area contributed by atoms with E-state index in [2.05, 4.69) is 17.5 Å². The molecule has 3 heterocycles. The summed E-state index contributed by atoms with van der Waals surface area (Å²) in [4.78, 5) is 43.7. The van der Waals surface area contributed by atoms with Crippen molar-refractivity contribution in [2.75, 3.05) is 6.61 Å². The SMILES string of the molecule is Cc1cn([C@@H]2O[C@H](COP3(=O)OP(=O)(O)OP(=O)(O)O3)[C@H](O)C2O)c(=O)[nH]c1=O. The molecular formula is C10H15N2O14P3. The highest BCUT2D eigenvalue weighted by Gasteiger charge is 2.55. The van der Waals surface area contributed by atoms with Crippen LogP contribution in [0.4, 0.5) is 0 Å². The first kappa shape index (κ1) is 22.7. The Labute approximate surface area is 160 Å². The molecule has 5 N–H and O–H groups in total. The maximum atomic E-state index is 12.2. The second-order valence-electron chi connectivity index (χ2n) is 5.95. The first-order chi connectivity index (χ1) is 13.2. The molecule has 1 aromatic rings. The van der Waals surface area contributed by atoms with Crippen LogP contribution in [-0.2, 0) is 35.9 Å². The topological polar surface area (TPSA) is 233 Å². The molecule has 164 valence electrons. The summed E-state index contributed by atoms with van der Waals surface area (Å²) in [6, 6.07) is 0. The Morgan fingerprint density at radius 3 is 2.28 bits per heavy atom. The van der Waals surface area contributed by atoms with Crippen molar-refractivity contribution in [3.8, 4) is 0 Å². The van der Waals surface area contributed by atoms with Gasteiger partial charge in [0.25, 0.3) is 5.56 Å². The molecule has 0 bridgehead atoms. The molecule has 0 aliphatic carbocycles. The van der Waals surface area contributed by atoms with E-state index in [0.29, 0.717) is 0 Å². The predicted molar refractivity (Wildman–Crippen MR) is 88.4 cm³/mol. The first-order valence-corrected chi connectivity index (χ1v) is 12.0. The summed E-state index contributed by atoms with van der Waals surface area (Å²) < 4.78 is 57.4. The molecule has 2 aliphatic heterocycles. The Morgan fingerprint density at radius 1 is 1.10 bits per heavy atom. The molecule has 1 aromatic heterocycles. The largest absolute Gasteiger partial charge is 0.492 e. The maximum absolute atomic E-state index is 12.2. The van der Waals surface area contributed by atoms with Gasteiger partial charge in [-0.1, -0.05) is 0 Å². The minimum absolute atomic E-state index is 0.0976. The molecule has 0 radical (unpaired) electrons. The summed E-state index contributed by atoms with van der Waals surface area (Å²) in [5, 5.41) is 20.2. The van der Waals surface area contributed by atoms with Gasteiger partial charge in [-0.05, 0) is 6.92 Å². The molecule has 6 atom stereocenters. The summed E-state index contributed by atoms with van der Waals surface area (Å²) in [5.41, 5.74) is -1.53. The number of nitrogens with zero attached hydrogens (tertiary/aromatic N) is 1. The lowest BCUT2D eigenvalue weighted by Crippen LogP contribution is -2.38. The molecule has 19 heteroatoms. The Bertz CT molecular complexity index is 1040. The number of aliphatic hydroxyl groups excluding tert-OH is 2. The third-order valence-electron chi connectivity index (χ3n) is 3.77. The van der Waals surface area contributed by atoms with Gasteiger partial charge in [-0.25, -0.2) is 18.5 Å². The number of aromatic nitrogens is 2. The fourth-order valence-electron chi connectivity index (χ4n) is 2.51. The zero-order chi connectivity index (χ0) is 21.8. The van der Waals surface area contributed by atoms with Crippen molar-refractivity contribution in [3.05, 3.63) is 32.6 Å². The average molecular weight is 480 g/mol. The highest BCUT2D eigenvalue weighted by molar-refractivity contribution is 7.74. The van der Waals surface area contributed by atoms with Crippen LogP contribution in [0.3, 0.4) is 0 Å². The molecule has 0 spiro atoms. The van der Waals surface area contributed by atoms with Gasteiger partial charge >= 0.3 is 29.2 Å². The Kier molecular flexibility index (Phi) is 5.95. The molecule has 0 amide bonds. The van der Waals surface area contributed by atoms with Gasteiger partial charge in [0.1, 0.15) is 18.3 Å². The van der Waals surface area contributed by atoms with Crippen molar-refractivity contribution in [2.45, 2.75) is 31.5 Å². The molecule has 3 rings (SSSR count). The van der Waals surface area contributed by atoms with E-state index in [1.165, 1.54) is 6.92 Å². The van der Waals surface area contributed by atoms with Gasteiger partial charge in [0.05, 0.1) is 6.61 Å². The minimum Gasteiger partial charge on any atom is -0.387 e. The van der Waals surface area contributed by atoms with Gasteiger partial charge in [-0.3, -0.25) is 18.9 Å². The molecule has 2 saturated heterocycles. The Balaban J connectivity index is 1.76. The van der Waals surface area contributed by atoms with Crippen LogP contribution in [0.5, 0.6) is 0 Å². The number of hydrogen-bond donors (Lipinski definition) is 5. The van der Waals surface area contributed by atoms with Crippen LogP contribution in [0, 0.1) is 6.92 Å². The number of aryl methyl sites for hydroxylation is 1. The van der Waals surface area contributed by atoms with Crippen molar-refractivity contribution in [1.82, 2.24) is 9.55 Å². The van der Waals surface area contributed by atoms with E-state index in [4.69, 9.17) is 14.5 Å². The minimum atomic E-state index is -5.25. The van der Waals surface area contributed by atoms with Gasteiger partial charge in [0.15, 0.2) is 6.23 Å². The highest BCUT2D eigenvalue weighted by Crippen LogP contribution is 2.80. The van der Waals surface area contributed by atoms with Gasteiger partial charge in [0, 0.05) is 11.8 Å². The van der Waals surface area contributed by atoms with Crippen LogP contribution in [-0.4, -0.2) is 54.5 Å². The van der Waals surface area contributed by atoms with Gasteiger partial charge in [0.2, 0.25) is 0 Å². The number of aromatic amines is 1. The normalized spacial score (nSPS) is 42.8. The van der Waals surface area contributed by atoms with E-state index < -0.39 is 65.9 Å². The number of ether oxygens (including phenoxy) is 1. The number of H-pyrrole nitrogens is 1. The van der Waals surface area contributed by atoms with Gasteiger partial charge < -0.3 is 24.7 Å². The second-order valence-corrected chi connectivity index (χ2v) is 10.9. The van der Waals surface area contributed by atoms with Gasteiger partial charge in [-0.2, -0.15) is 12.9 Å². The fourth-order valence-corrected chi connectivity index (χ4v) is 7.45. The van der Waals surface area contributed by atoms with E-state index in [0.717, 1.165) is 10.8 Å². The standard InChI is InChI=1S/C10H15N2O14P3/c1-4-2-12(10(16)11-8(4)15)9-7(14)6(13)5(23-9)3-22-29(21)25-27(17,18)24-28(19,20)26-29/h2,5-7,9,13-14H,3H2,1H3,(H,17,18)(H,19,20)(H,11,15,16)/t5-,6+,7?,9-/m1/s1. The predicted octanol–water partition coefficient (Wildman–Crippen LogP) is -1.15. The summed E-state index contributed by atoms with van der Waals surface area (Å²) in [6.07, 6.45) is -5.36. The number of rotatable bonds is 4. The number of aliphatic hydroxyl groups is 2. The van der Waals surface area contributed by atoms with Crippen LogP contribution < -0.4 is 11.2 Å². The molecular weight excluding hydrogens is 465 g/mol. The monoisotopic (exact) mass is 480 g/mol. The molecule has 3 unspecified atom stereocenters. The van der Waals surface area contributed by atoms with Crippen molar-refractivity contribution in [3.63, 3.8) is 0 Å². The molecule has 16 nitrogen and oxygen atoms in total. The second kappa shape index (κ2) is 7.61. The van der Waals surface area contributed by atoms with Crippen LogP contribution in [0.15, 0.2) is 15.8 Å². The Morgan fingerprint density at radius 2 is 1.69 bits per heavy atom. The van der Waals surface area contributed by atoms with Crippen LogP contribution in [0.2, 0.25) is 0 Å². The quantitative estimate of drug-likeness (QED) is 0.320. The third-order valence-corrected chi connectivity index (χ3v) is 9.13. The lowest BCUT2D eigenvalue weighted by molar-refractivity contribution is -0.0546. The molecule has 2 fully saturated rings. The number of phosphoric acid groups is 3. The van der Waals surface area contributed by atoms with E-state index in [1.54, 1.807) is 0 Å². The molecule has 0 aromatic carbocycles. The third kappa shape index (κ3) is 4.85. The molecule has 0 saturated carbocycles. The molecule has 29 heavy (non-hydrogen) atoms. The smallest absolute Gasteiger partial charge is 0.387 e. The van der Waals surface area contributed by atoms with Crippen molar-refractivity contribution in [1.29, 1.82) is 0 Å². The summed E-state index contributed by atoms with van der Waals surface area (Å²) in [6.45, 7) is 0.446. The average Bonchev–Trinajstić information content (AvgIpc) is 2.81. The summed E-state index contributed by atoms with van der Waals surface area (Å²) in [5.74, 6) is 0. The van der Waals surface area contributed by atoms with Crippen molar-refractivity contribution in [2.24, 2.45) is 0 Å². The van der Waals surface area contributed by atoms with Crippen LogP contribution in [0.1, 0.15) is 11.8 Å². The fraction of sp³-hybridized carbons (Fsp3) is 0.600. The number of nitrogens with one attached hydrogen (secondary N) is 1. The van der Waals surface area contributed by atoms with E-state index in [-0.39, 0.29) is 5.56 Å². The molecule has 2 aliphatic rings. The zero-order valence-corrected chi connectivity index (χ0v) is 16.9. The van der Waals surface area contributed by atoms with Crippen LogP contribution >= 0.6 is 23.5 Å². The van der Waals surface area contributed by atoms with E-state index in [9.17, 15) is 33.5 Å². The van der Waals surface area contributed by atoms with Crippen molar-refractivity contribution < 1.29 is 55.9 Å². The Hall–Kier alpha value is -0.990. The number of hydrogen-bond acceptors (Lipinski definition) is 12. The maximum Gasteiger partial charge on any atom is 0.492 e. The lowest BCUT2D eigenvalue weighted by atomic mass is 10.1. The summed E-state index contributed by atoms with van der Waals surface area (Å²) >= 11 is 0. The highest BCUT2D eigenvalue weighted by atomic mass is 31.3. The van der Waals surface area contributed by atoms with E-state index >= 15 is 0 Å². The summed E-state index contributed by atoms with van der Waals surface area (Å²) in [7, 11) is -15.6. The lowest BCUT2D eigenvalue weighted by Gasteiger charge is -2.27. The first-order valence-electron chi connectivity index (χ1n) is 7.60. The van der Waals surface area contributed by atoms with Crippen molar-refractivity contribution >= 4 is 23.5 Å². The van der Waals surface area contributed by atoms with E-state index in [1.807, 2.05) is 4.98 Å². The van der Waals surface area contributed by atoms with Crippen LogP contribution in [0.25, 0.3) is 0 Å².